The molecule has 0 aliphatic carbocycles. The number of thiophene rings is 2. The van der Waals surface area contributed by atoms with E-state index in [1.54, 1.807) is 24.8 Å². The van der Waals surface area contributed by atoms with E-state index in [9.17, 15) is 9.59 Å². The van der Waals surface area contributed by atoms with Crippen molar-refractivity contribution >= 4 is 81.4 Å². The third-order valence-electron chi connectivity index (χ3n) is 10.8. The first-order chi connectivity index (χ1) is 31.5. The highest BCUT2D eigenvalue weighted by atomic mass is 35.5. The Morgan fingerprint density at radius 3 is 1.33 bits per heavy atom. The molecular formula is C50H44Cl2N10O2S2. The van der Waals surface area contributed by atoms with E-state index in [1.807, 2.05) is 146 Å². The third-order valence-corrected chi connectivity index (χ3v) is 13.1. The van der Waals surface area contributed by atoms with Crippen molar-refractivity contribution in [1.82, 2.24) is 40.5 Å². The number of benzene rings is 2. The van der Waals surface area contributed by atoms with Gasteiger partial charge in [-0.2, -0.15) is 0 Å². The fourth-order valence-corrected chi connectivity index (χ4v) is 9.83. The molecule has 0 radical (unpaired) electrons. The SMILES string of the molecule is Cl.Cl.NCC(NC(=O)c1cc(-c2cccnc2)c(-c2ccnc3[nH]ccc23)s1)c1ccccc1.NCC(NC(=O)c1cc(-c2cccnc2)c(-c2ccnc3[nH]ccc23)s1)c1ccccc1. The van der Waals surface area contributed by atoms with E-state index in [4.69, 9.17) is 11.5 Å². The normalized spacial score (nSPS) is 11.7. The number of rotatable bonds is 12. The molecule has 8 heterocycles. The van der Waals surface area contributed by atoms with Crippen LogP contribution >= 0.6 is 47.5 Å². The maximum absolute atomic E-state index is 13.2. The highest BCUT2D eigenvalue weighted by molar-refractivity contribution is 7.18. The first-order valence-electron chi connectivity index (χ1n) is 20.5. The Labute approximate surface area is 400 Å². The van der Waals surface area contributed by atoms with Gasteiger partial charge in [-0.15, -0.1) is 47.5 Å². The maximum atomic E-state index is 13.2. The van der Waals surface area contributed by atoms with Crippen LogP contribution in [0.2, 0.25) is 0 Å². The molecule has 2 atom stereocenters. The molecule has 332 valence electrons. The van der Waals surface area contributed by atoms with Crippen molar-refractivity contribution in [3.05, 3.63) is 192 Å². The molecule has 0 fully saturated rings. The topological polar surface area (TPSA) is 193 Å². The van der Waals surface area contributed by atoms with Gasteiger partial charge in [0, 0.05) is 117 Å². The fourth-order valence-electron chi connectivity index (χ4n) is 7.58. The summed E-state index contributed by atoms with van der Waals surface area (Å²) in [6, 6.07) is 38.7. The van der Waals surface area contributed by atoms with Crippen LogP contribution in [-0.2, 0) is 0 Å². The lowest BCUT2D eigenvalue weighted by molar-refractivity contribution is 0.0933. The second-order valence-electron chi connectivity index (χ2n) is 14.7. The zero-order chi connectivity index (χ0) is 43.8. The number of aromatic amines is 2. The largest absolute Gasteiger partial charge is 0.346 e. The molecule has 8 aromatic heterocycles. The number of carbonyl (C=O) groups is 2. The number of pyridine rings is 4. The van der Waals surface area contributed by atoms with Crippen LogP contribution in [0, 0.1) is 0 Å². The minimum Gasteiger partial charge on any atom is -0.346 e. The zero-order valence-electron chi connectivity index (χ0n) is 35.1. The number of nitrogens with one attached hydrogen (secondary N) is 4. The van der Waals surface area contributed by atoms with Gasteiger partial charge in [-0.3, -0.25) is 19.6 Å². The summed E-state index contributed by atoms with van der Waals surface area (Å²) in [5, 5.41) is 8.19. The molecule has 0 saturated heterocycles. The number of H-pyrrole nitrogens is 2. The van der Waals surface area contributed by atoms with Gasteiger partial charge in [-0.05, 0) is 59.7 Å². The van der Waals surface area contributed by atoms with E-state index in [-0.39, 0.29) is 48.7 Å². The fraction of sp³-hybridized carbons (Fsp3) is 0.0800. The Bertz CT molecular complexity index is 2950. The number of aromatic nitrogens is 6. The second kappa shape index (κ2) is 21.8. The molecule has 2 aromatic carbocycles. The van der Waals surface area contributed by atoms with Gasteiger partial charge in [0.25, 0.3) is 11.8 Å². The molecule has 0 saturated carbocycles. The standard InChI is InChI=1S/2C25H21N5OS.2ClH/c2*26-14-21(16-5-2-1-3-6-16)30-25(31)22-13-20(17-7-4-10-27-15-17)23(32-22)18-8-11-28-24-19(18)9-12-29-24;;/h2*1-13,15,21H,14,26H2,(H,28,29)(H,30,31);2*1H. The van der Waals surface area contributed by atoms with E-state index in [0.29, 0.717) is 22.8 Å². The number of carbonyl (C=O) groups excluding carboxylic acids is 2. The van der Waals surface area contributed by atoms with E-state index in [2.05, 4.69) is 40.5 Å². The predicted octanol–water partition coefficient (Wildman–Crippen LogP) is 10.4. The molecule has 0 aliphatic heterocycles. The summed E-state index contributed by atoms with van der Waals surface area (Å²) < 4.78 is 0. The summed E-state index contributed by atoms with van der Waals surface area (Å²) in [4.78, 5) is 53.4. The van der Waals surface area contributed by atoms with Crippen LogP contribution in [0.1, 0.15) is 42.6 Å². The van der Waals surface area contributed by atoms with E-state index < -0.39 is 0 Å². The lowest BCUT2D eigenvalue weighted by Gasteiger charge is -2.16. The first kappa shape index (κ1) is 46.9. The number of fused-ring (bicyclic) bond motifs is 2. The van der Waals surface area contributed by atoms with Crippen molar-refractivity contribution in [2.75, 3.05) is 13.1 Å². The molecule has 2 unspecified atom stereocenters. The van der Waals surface area contributed by atoms with Crippen molar-refractivity contribution in [2.24, 2.45) is 11.5 Å². The summed E-state index contributed by atoms with van der Waals surface area (Å²) in [5.41, 5.74) is 21.4. The summed E-state index contributed by atoms with van der Waals surface area (Å²) in [6.07, 6.45) is 14.4. The Balaban J connectivity index is 0.000000191. The van der Waals surface area contributed by atoms with Gasteiger partial charge in [-0.25, -0.2) is 9.97 Å². The predicted molar refractivity (Wildman–Crippen MR) is 271 cm³/mol. The molecule has 2 amide bonds. The highest BCUT2D eigenvalue weighted by Crippen LogP contribution is 2.43. The average molecular weight is 952 g/mol. The van der Waals surface area contributed by atoms with Gasteiger partial charge in [0.2, 0.25) is 0 Å². The van der Waals surface area contributed by atoms with Crippen molar-refractivity contribution in [2.45, 2.75) is 12.1 Å². The summed E-state index contributed by atoms with van der Waals surface area (Å²) in [6.45, 7) is 0.634. The van der Waals surface area contributed by atoms with E-state index in [0.717, 1.165) is 76.3 Å². The Morgan fingerprint density at radius 1 is 0.530 bits per heavy atom. The minimum atomic E-state index is -0.256. The first-order valence-corrected chi connectivity index (χ1v) is 22.2. The smallest absolute Gasteiger partial charge is 0.261 e. The van der Waals surface area contributed by atoms with Crippen molar-refractivity contribution in [3.63, 3.8) is 0 Å². The molecule has 12 nitrogen and oxygen atoms in total. The summed E-state index contributed by atoms with van der Waals surface area (Å²) in [5.74, 6) is -0.296. The van der Waals surface area contributed by atoms with Crippen molar-refractivity contribution in [1.29, 1.82) is 0 Å². The van der Waals surface area contributed by atoms with Gasteiger partial charge in [0.1, 0.15) is 11.3 Å². The molecule has 16 heteroatoms. The quantitative estimate of drug-likeness (QED) is 0.0696. The summed E-state index contributed by atoms with van der Waals surface area (Å²) >= 11 is 2.92. The molecular weight excluding hydrogens is 908 g/mol. The lowest BCUT2D eigenvalue weighted by Crippen LogP contribution is -2.32. The monoisotopic (exact) mass is 950 g/mol. The molecule has 8 N–H and O–H groups in total. The molecule has 66 heavy (non-hydrogen) atoms. The highest BCUT2D eigenvalue weighted by Gasteiger charge is 2.23. The lowest BCUT2D eigenvalue weighted by atomic mass is 10.0. The molecule has 10 rings (SSSR count). The van der Waals surface area contributed by atoms with E-state index in [1.165, 1.54) is 22.7 Å². The Kier molecular flexibility index (Phi) is 15.5. The number of amides is 2. The van der Waals surface area contributed by atoms with Crippen molar-refractivity contribution in [3.8, 4) is 43.1 Å². The molecule has 0 bridgehead atoms. The van der Waals surface area contributed by atoms with Gasteiger partial charge < -0.3 is 32.1 Å². The average Bonchev–Trinajstić information content (AvgIpc) is 4.20. The van der Waals surface area contributed by atoms with Gasteiger partial charge in [-0.1, -0.05) is 72.8 Å². The van der Waals surface area contributed by atoms with Gasteiger partial charge >= 0.3 is 0 Å². The van der Waals surface area contributed by atoms with Crippen LogP contribution in [0.3, 0.4) is 0 Å². The zero-order valence-corrected chi connectivity index (χ0v) is 38.4. The molecule has 0 spiro atoms. The number of hydrogen-bond acceptors (Lipinski definition) is 10. The Hall–Kier alpha value is -7.04. The summed E-state index contributed by atoms with van der Waals surface area (Å²) in [7, 11) is 0. The van der Waals surface area contributed by atoms with E-state index >= 15 is 0 Å². The van der Waals surface area contributed by atoms with Crippen LogP contribution in [0.5, 0.6) is 0 Å². The molecule has 0 aliphatic rings. The van der Waals surface area contributed by atoms with Crippen LogP contribution in [-0.4, -0.2) is 54.8 Å². The number of nitrogens with two attached hydrogens (primary N) is 2. The second-order valence-corrected chi connectivity index (χ2v) is 16.8. The van der Waals surface area contributed by atoms with Gasteiger partial charge in [0.05, 0.1) is 21.8 Å². The van der Waals surface area contributed by atoms with Crippen LogP contribution in [0.25, 0.3) is 65.2 Å². The van der Waals surface area contributed by atoms with Crippen molar-refractivity contribution < 1.29 is 9.59 Å². The number of halogens is 2. The van der Waals surface area contributed by atoms with Crippen LogP contribution in [0.4, 0.5) is 0 Å². The van der Waals surface area contributed by atoms with Crippen LogP contribution in [0.15, 0.2) is 171 Å². The Morgan fingerprint density at radius 2 is 0.955 bits per heavy atom. The third kappa shape index (κ3) is 10.1. The number of hydrogen-bond donors (Lipinski definition) is 6. The van der Waals surface area contributed by atoms with Gasteiger partial charge in [0.15, 0.2) is 0 Å². The minimum absolute atomic E-state index is 0. The number of nitrogens with zero attached hydrogens (tertiary/aromatic N) is 4. The van der Waals surface area contributed by atoms with Crippen LogP contribution < -0.4 is 22.1 Å². The maximum Gasteiger partial charge on any atom is 0.261 e. The molecule has 10 aromatic rings.